The monoisotopic (exact) mass is 298 g/mol. The molecule has 0 saturated carbocycles. The minimum absolute atomic E-state index is 0.0912. The molecular formula is C17H22N4O. The molecule has 1 saturated heterocycles. The summed E-state index contributed by atoms with van der Waals surface area (Å²) in [6.45, 7) is 1.83. The van der Waals surface area contributed by atoms with Gasteiger partial charge in [-0.2, -0.15) is 5.10 Å². The fraction of sp³-hybridized carbons (Fsp3) is 0.412. The first-order chi connectivity index (χ1) is 10.8. The summed E-state index contributed by atoms with van der Waals surface area (Å²) < 4.78 is 1.88. The van der Waals surface area contributed by atoms with Crippen molar-refractivity contribution in [2.24, 2.45) is 0 Å². The van der Waals surface area contributed by atoms with Crippen molar-refractivity contribution < 1.29 is 4.79 Å². The maximum atomic E-state index is 12.0. The van der Waals surface area contributed by atoms with Crippen LogP contribution in [0.25, 0.3) is 0 Å². The quantitative estimate of drug-likeness (QED) is 0.861. The molecule has 1 unspecified atom stereocenters. The first-order valence-electron chi connectivity index (χ1n) is 7.89. The van der Waals surface area contributed by atoms with E-state index in [1.165, 1.54) is 12.8 Å². The summed E-state index contributed by atoms with van der Waals surface area (Å²) in [6.07, 6.45) is 7.62. The van der Waals surface area contributed by atoms with Crippen molar-refractivity contribution in [3.63, 3.8) is 0 Å². The van der Waals surface area contributed by atoms with Gasteiger partial charge in [-0.15, -0.1) is 0 Å². The molecule has 2 heterocycles. The second-order valence-electron chi connectivity index (χ2n) is 5.78. The van der Waals surface area contributed by atoms with E-state index in [-0.39, 0.29) is 5.91 Å². The summed E-state index contributed by atoms with van der Waals surface area (Å²) in [5.74, 6) is 0.0912. The molecule has 2 aromatic rings. The Labute approximate surface area is 130 Å². The molecule has 1 aromatic heterocycles. The number of carbonyl (C=O) groups is 1. The van der Waals surface area contributed by atoms with Crippen molar-refractivity contribution in [3.8, 4) is 0 Å². The van der Waals surface area contributed by atoms with Gasteiger partial charge in [-0.1, -0.05) is 12.1 Å². The van der Waals surface area contributed by atoms with E-state index >= 15 is 0 Å². The van der Waals surface area contributed by atoms with E-state index in [1.54, 1.807) is 6.20 Å². The normalized spacial score (nSPS) is 17.5. The molecule has 0 radical (unpaired) electrons. The smallest absolute Gasteiger partial charge is 0.224 e. The number of hydrogen-bond donors (Lipinski definition) is 2. The van der Waals surface area contributed by atoms with Gasteiger partial charge in [-0.25, -0.2) is 0 Å². The van der Waals surface area contributed by atoms with Crippen molar-refractivity contribution in [2.45, 2.75) is 38.3 Å². The molecule has 0 bridgehead atoms. The summed E-state index contributed by atoms with van der Waals surface area (Å²) in [6, 6.07) is 10.4. The highest BCUT2D eigenvalue weighted by atomic mass is 16.1. The predicted molar refractivity (Wildman–Crippen MR) is 86.7 cm³/mol. The second-order valence-corrected chi connectivity index (χ2v) is 5.78. The second kappa shape index (κ2) is 7.22. The minimum atomic E-state index is 0.0912. The fourth-order valence-electron chi connectivity index (χ4n) is 2.81. The van der Waals surface area contributed by atoms with E-state index < -0.39 is 0 Å². The van der Waals surface area contributed by atoms with Crippen LogP contribution < -0.4 is 10.6 Å². The lowest BCUT2D eigenvalue weighted by Crippen LogP contribution is -2.23. The van der Waals surface area contributed by atoms with Crippen LogP contribution in [0.2, 0.25) is 0 Å². The zero-order valence-corrected chi connectivity index (χ0v) is 12.7. The van der Waals surface area contributed by atoms with Crippen LogP contribution >= 0.6 is 0 Å². The summed E-state index contributed by atoms with van der Waals surface area (Å²) in [7, 11) is 0. The van der Waals surface area contributed by atoms with Crippen molar-refractivity contribution in [1.29, 1.82) is 0 Å². The lowest BCUT2D eigenvalue weighted by Gasteiger charge is -2.10. The van der Waals surface area contributed by atoms with Crippen LogP contribution in [0.4, 0.5) is 5.69 Å². The Morgan fingerprint density at radius 2 is 2.23 bits per heavy atom. The van der Waals surface area contributed by atoms with Gasteiger partial charge in [0.15, 0.2) is 0 Å². The highest BCUT2D eigenvalue weighted by molar-refractivity contribution is 5.90. The number of amides is 1. The minimum Gasteiger partial charge on any atom is -0.326 e. The molecule has 0 spiro atoms. The number of hydrogen-bond acceptors (Lipinski definition) is 3. The summed E-state index contributed by atoms with van der Waals surface area (Å²) in [4.78, 5) is 12.0. The van der Waals surface area contributed by atoms with Gasteiger partial charge >= 0.3 is 0 Å². The van der Waals surface area contributed by atoms with E-state index in [9.17, 15) is 4.79 Å². The van der Waals surface area contributed by atoms with Crippen molar-refractivity contribution in [3.05, 3.63) is 48.3 Å². The SMILES string of the molecule is O=C(CCC1CCCN1)Nc1ccc(Cn2cccn2)cc1. The summed E-state index contributed by atoms with van der Waals surface area (Å²) >= 11 is 0. The van der Waals surface area contributed by atoms with E-state index in [0.717, 1.165) is 30.8 Å². The lowest BCUT2D eigenvalue weighted by molar-refractivity contribution is -0.116. The van der Waals surface area contributed by atoms with Gasteiger partial charge in [0.25, 0.3) is 0 Å². The van der Waals surface area contributed by atoms with E-state index in [2.05, 4.69) is 15.7 Å². The fourth-order valence-corrected chi connectivity index (χ4v) is 2.81. The molecule has 1 amide bonds. The Hall–Kier alpha value is -2.14. The van der Waals surface area contributed by atoms with Crippen LogP contribution in [0.3, 0.4) is 0 Å². The van der Waals surface area contributed by atoms with Crippen LogP contribution in [-0.2, 0) is 11.3 Å². The molecule has 5 nitrogen and oxygen atoms in total. The van der Waals surface area contributed by atoms with Gasteiger partial charge in [-0.05, 0) is 49.6 Å². The maximum Gasteiger partial charge on any atom is 0.224 e. The van der Waals surface area contributed by atoms with Gasteiger partial charge in [0.2, 0.25) is 5.91 Å². The van der Waals surface area contributed by atoms with Crippen LogP contribution in [0, 0.1) is 0 Å². The standard InChI is InChI=1S/C17H22N4O/c22-17(9-8-15-3-1-10-18-15)20-16-6-4-14(5-7-16)13-21-12-2-11-19-21/h2,4-7,11-12,15,18H,1,3,8-10,13H2,(H,20,22). The van der Waals surface area contributed by atoms with Crippen molar-refractivity contribution in [1.82, 2.24) is 15.1 Å². The molecular weight excluding hydrogens is 276 g/mol. The average Bonchev–Trinajstić information content (AvgIpc) is 3.20. The van der Waals surface area contributed by atoms with Crippen molar-refractivity contribution in [2.75, 3.05) is 11.9 Å². The average molecular weight is 298 g/mol. The van der Waals surface area contributed by atoms with Gasteiger partial charge in [0.1, 0.15) is 0 Å². The third kappa shape index (κ3) is 4.18. The Balaban J connectivity index is 1.46. The molecule has 1 aliphatic heterocycles. The maximum absolute atomic E-state index is 12.0. The largest absolute Gasteiger partial charge is 0.326 e. The van der Waals surface area contributed by atoms with Crippen LogP contribution in [0.1, 0.15) is 31.2 Å². The number of anilines is 1. The molecule has 0 aliphatic carbocycles. The first-order valence-corrected chi connectivity index (χ1v) is 7.89. The van der Waals surface area contributed by atoms with Crippen LogP contribution in [-0.4, -0.2) is 28.3 Å². The zero-order chi connectivity index (χ0) is 15.2. The Kier molecular flexibility index (Phi) is 4.85. The Morgan fingerprint density at radius 1 is 1.36 bits per heavy atom. The molecule has 2 N–H and O–H groups in total. The number of carbonyl (C=O) groups excluding carboxylic acids is 1. The van der Waals surface area contributed by atoms with Crippen LogP contribution in [0.5, 0.6) is 0 Å². The van der Waals surface area contributed by atoms with E-state index in [0.29, 0.717) is 12.5 Å². The van der Waals surface area contributed by atoms with Gasteiger partial charge in [-0.3, -0.25) is 9.48 Å². The third-order valence-corrected chi connectivity index (χ3v) is 4.02. The van der Waals surface area contributed by atoms with E-state index in [1.807, 2.05) is 41.2 Å². The van der Waals surface area contributed by atoms with Gasteiger partial charge in [0.05, 0.1) is 6.54 Å². The van der Waals surface area contributed by atoms with Gasteiger partial charge < -0.3 is 10.6 Å². The number of nitrogens with zero attached hydrogens (tertiary/aromatic N) is 2. The van der Waals surface area contributed by atoms with Gasteiger partial charge in [0, 0.05) is 30.5 Å². The van der Waals surface area contributed by atoms with Crippen LogP contribution in [0.15, 0.2) is 42.7 Å². The number of rotatable bonds is 6. The number of nitrogens with one attached hydrogen (secondary N) is 2. The molecule has 1 aliphatic rings. The summed E-state index contributed by atoms with van der Waals surface area (Å²) in [5.41, 5.74) is 2.02. The third-order valence-electron chi connectivity index (χ3n) is 4.02. The number of benzene rings is 1. The summed E-state index contributed by atoms with van der Waals surface area (Å²) in [5, 5.41) is 10.6. The molecule has 1 atom stereocenters. The molecule has 5 heteroatoms. The highest BCUT2D eigenvalue weighted by Crippen LogP contribution is 2.14. The molecule has 1 aromatic carbocycles. The lowest BCUT2D eigenvalue weighted by atomic mass is 10.1. The Bertz CT molecular complexity index is 586. The Morgan fingerprint density at radius 3 is 2.91 bits per heavy atom. The number of aromatic nitrogens is 2. The molecule has 116 valence electrons. The zero-order valence-electron chi connectivity index (χ0n) is 12.7. The predicted octanol–water partition coefficient (Wildman–Crippen LogP) is 2.40. The highest BCUT2D eigenvalue weighted by Gasteiger charge is 2.15. The molecule has 1 fully saturated rings. The molecule has 22 heavy (non-hydrogen) atoms. The van der Waals surface area contributed by atoms with Crippen molar-refractivity contribution >= 4 is 11.6 Å². The first kappa shape index (κ1) is 14.8. The van der Waals surface area contributed by atoms with E-state index in [4.69, 9.17) is 0 Å². The topological polar surface area (TPSA) is 59.0 Å². The molecule has 3 rings (SSSR count).